The lowest BCUT2D eigenvalue weighted by Gasteiger charge is -2.32. The van der Waals surface area contributed by atoms with Gasteiger partial charge in [0.25, 0.3) is 0 Å². The topological polar surface area (TPSA) is 58.1 Å². The summed E-state index contributed by atoms with van der Waals surface area (Å²) < 4.78 is 0. The van der Waals surface area contributed by atoms with E-state index in [0.29, 0.717) is 0 Å². The van der Waals surface area contributed by atoms with Crippen LogP contribution in [-0.2, 0) is 17.6 Å². The van der Waals surface area contributed by atoms with Gasteiger partial charge in [-0.3, -0.25) is 9.78 Å². The molecule has 1 aromatic carbocycles. The molecule has 2 heterocycles. The van der Waals surface area contributed by atoms with E-state index < -0.39 is 0 Å². The molecular weight excluding hydrogens is 336 g/mol. The van der Waals surface area contributed by atoms with Crippen molar-refractivity contribution in [2.24, 2.45) is 5.92 Å². The minimum absolute atomic E-state index is 0.0581. The van der Waals surface area contributed by atoms with E-state index in [-0.39, 0.29) is 17.9 Å². The van der Waals surface area contributed by atoms with E-state index >= 15 is 0 Å². The largest absolute Gasteiger partial charge is 0.355 e. The van der Waals surface area contributed by atoms with E-state index in [9.17, 15) is 4.79 Å². The number of hydrogen-bond donors (Lipinski definition) is 1. The van der Waals surface area contributed by atoms with Gasteiger partial charge in [-0.25, -0.2) is 4.98 Å². The van der Waals surface area contributed by atoms with Crippen LogP contribution in [0.15, 0.2) is 36.8 Å². The molecule has 27 heavy (non-hydrogen) atoms. The number of hydrogen-bond acceptors (Lipinski definition) is 4. The van der Waals surface area contributed by atoms with Crippen LogP contribution < -0.4 is 10.2 Å². The van der Waals surface area contributed by atoms with Crippen LogP contribution in [0.5, 0.6) is 0 Å². The molecule has 0 saturated carbocycles. The van der Waals surface area contributed by atoms with Crippen LogP contribution in [0.1, 0.15) is 55.3 Å². The maximum Gasteiger partial charge on any atom is 0.223 e. The highest BCUT2D eigenvalue weighted by Crippen LogP contribution is 2.26. The summed E-state index contributed by atoms with van der Waals surface area (Å²) >= 11 is 0. The fourth-order valence-corrected chi connectivity index (χ4v) is 4.26. The maximum atomic E-state index is 12.8. The molecule has 2 aliphatic rings. The molecule has 5 nitrogen and oxygen atoms in total. The molecule has 1 fully saturated rings. The minimum Gasteiger partial charge on any atom is -0.355 e. The molecule has 1 aliphatic heterocycles. The number of fused-ring (bicyclic) bond motifs is 1. The first-order chi connectivity index (χ1) is 13.2. The number of rotatable bonds is 4. The third-order valence-electron chi connectivity index (χ3n) is 5.97. The summed E-state index contributed by atoms with van der Waals surface area (Å²) in [5.41, 5.74) is 4.18. The molecule has 1 unspecified atom stereocenters. The first kappa shape index (κ1) is 18.0. The molecule has 1 N–H and O–H groups in total. The van der Waals surface area contributed by atoms with Gasteiger partial charge in [-0.05, 0) is 62.1 Å². The molecule has 1 saturated heterocycles. The summed E-state index contributed by atoms with van der Waals surface area (Å²) in [6, 6.07) is 6.80. The van der Waals surface area contributed by atoms with Gasteiger partial charge in [0.05, 0.1) is 12.2 Å². The van der Waals surface area contributed by atoms with E-state index in [1.165, 1.54) is 42.4 Å². The van der Waals surface area contributed by atoms with Crippen LogP contribution in [0.25, 0.3) is 0 Å². The lowest BCUT2D eigenvalue weighted by molar-refractivity contribution is -0.126. The van der Waals surface area contributed by atoms with E-state index in [1.807, 2.05) is 0 Å². The zero-order chi connectivity index (χ0) is 18.6. The highest BCUT2D eigenvalue weighted by Gasteiger charge is 2.26. The second-order valence-corrected chi connectivity index (χ2v) is 7.79. The Balaban J connectivity index is 1.33. The van der Waals surface area contributed by atoms with Gasteiger partial charge in [-0.2, -0.15) is 0 Å². The number of amides is 1. The lowest BCUT2D eigenvalue weighted by Crippen LogP contribution is -2.41. The number of piperidine rings is 1. The van der Waals surface area contributed by atoms with Crippen LogP contribution in [0, 0.1) is 5.92 Å². The van der Waals surface area contributed by atoms with Crippen LogP contribution in [-0.4, -0.2) is 29.0 Å². The highest BCUT2D eigenvalue weighted by atomic mass is 16.1. The Labute approximate surface area is 161 Å². The van der Waals surface area contributed by atoms with Crippen molar-refractivity contribution in [2.75, 3.05) is 18.0 Å². The van der Waals surface area contributed by atoms with Gasteiger partial charge in [0.2, 0.25) is 5.91 Å². The Morgan fingerprint density at radius 1 is 1.15 bits per heavy atom. The van der Waals surface area contributed by atoms with Crippen molar-refractivity contribution >= 4 is 11.7 Å². The molecule has 0 bridgehead atoms. The third kappa shape index (κ3) is 4.12. The van der Waals surface area contributed by atoms with Gasteiger partial charge in [0.15, 0.2) is 0 Å². The summed E-state index contributed by atoms with van der Waals surface area (Å²) in [4.78, 5) is 23.5. The molecule has 0 spiro atoms. The average molecular weight is 364 g/mol. The number of aromatic nitrogens is 2. The van der Waals surface area contributed by atoms with E-state index in [2.05, 4.69) is 45.3 Å². The Kier molecular flexibility index (Phi) is 5.37. The third-order valence-corrected chi connectivity index (χ3v) is 5.97. The monoisotopic (exact) mass is 364 g/mol. The summed E-state index contributed by atoms with van der Waals surface area (Å²) in [6.45, 7) is 3.80. The molecule has 1 amide bonds. The second-order valence-electron chi connectivity index (χ2n) is 7.79. The molecule has 2 aromatic rings. The molecule has 142 valence electrons. The Morgan fingerprint density at radius 3 is 2.67 bits per heavy atom. The summed E-state index contributed by atoms with van der Waals surface area (Å²) in [5.74, 6) is 1.16. The lowest BCUT2D eigenvalue weighted by atomic mass is 9.89. The quantitative estimate of drug-likeness (QED) is 0.903. The van der Waals surface area contributed by atoms with Crippen LogP contribution in [0.3, 0.4) is 0 Å². The Hall–Kier alpha value is -2.43. The molecule has 0 radical (unpaired) electrons. The van der Waals surface area contributed by atoms with Crippen molar-refractivity contribution in [3.63, 3.8) is 0 Å². The summed E-state index contributed by atoms with van der Waals surface area (Å²) in [7, 11) is 0. The van der Waals surface area contributed by atoms with Gasteiger partial charge in [0, 0.05) is 31.4 Å². The number of nitrogens with zero attached hydrogens (tertiary/aromatic N) is 3. The first-order valence-electron chi connectivity index (χ1n) is 10.1. The van der Waals surface area contributed by atoms with Gasteiger partial charge >= 0.3 is 0 Å². The minimum atomic E-state index is 0.0581. The second kappa shape index (κ2) is 8.07. The number of benzene rings is 1. The van der Waals surface area contributed by atoms with E-state index in [4.69, 9.17) is 0 Å². The van der Waals surface area contributed by atoms with E-state index in [0.717, 1.165) is 31.7 Å². The van der Waals surface area contributed by atoms with Gasteiger partial charge in [-0.1, -0.05) is 18.2 Å². The summed E-state index contributed by atoms with van der Waals surface area (Å²) in [6.07, 6.45) is 11.9. The van der Waals surface area contributed by atoms with Crippen molar-refractivity contribution in [3.8, 4) is 0 Å². The zero-order valence-corrected chi connectivity index (χ0v) is 16.0. The van der Waals surface area contributed by atoms with Crippen molar-refractivity contribution in [1.82, 2.24) is 15.3 Å². The smallest absolute Gasteiger partial charge is 0.223 e. The number of carbonyl (C=O) groups is 1. The number of aryl methyl sites for hydroxylation is 2. The fourth-order valence-electron chi connectivity index (χ4n) is 4.26. The fraction of sp³-hybridized carbons (Fsp3) is 0.500. The van der Waals surface area contributed by atoms with Crippen molar-refractivity contribution in [1.29, 1.82) is 0 Å². The van der Waals surface area contributed by atoms with Crippen LogP contribution in [0.2, 0.25) is 0 Å². The molecular formula is C22H28N4O. The van der Waals surface area contributed by atoms with Crippen LogP contribution >= 0.6 is 0 Å². The van der Waals surface area contributed by atoms with Gasteiger partial charge < -0.3 is 10.2 Å². The van der Waals surface area contributed by atoms with Gasteiger partial charge in [-0.15, -0.1) is 0 Å². The standard InChI is InChI=1S/C22H28N4O/c1-16(19-7-6-17-4-2-3-5-20(17)14-19)25-22(27)18-8-12-26(13-9-18)21-15-23-10-11-24-21/h6-7,10-11,14-16,18H,2-5,8-9,12-13H2,1H3,(H,25,27). The van der Waals surface area contributed by atoms with E-state index in [1.54, 1.807) is 18.6 Å². The summed E-state index contributed by atoms with van der Waals surface area (Å²) in [5, 5.41) is 3.24. The van der Waals surface area contributed by atoms with Crippen molar-refractivity contribution in [2.45, 2.75) is 51.5 Å². The van der Waals surface area contributed by atoms with Crippen LogP contribution in [0.4, 0.5) is 5.82 Å². The SMILES string of the molecule is CC(NC(=O)C1CCN(c2cnccn2)CC1)c1ccc2c(c1)CCCC2. The first-order valence-corrected chi connectivity index (χ1v) is 10.1. The zero-order valence-electron chi connectivity index (χ0n) is 16.0. The normalized spacial score (nSPS) is 18.6. The molecule has 1 aromatic heterocycles. The number of nitrogens with one attached hydrogen (secondary N) is 1. The molecule has 1 aliphatic carbocycles. The van der Waals surface area contributed by atoms with Gasteiger partial charge in [0.1, 0.15) is 5.82 Å². The Morgan fingerprint density at radius 2 is 1.93 bits per heavy atom. The molecule has 4 rings (SSSR count). The number of anilines is 1. The Bertz CT molecular complexity index is 784. The maximum absolute atomic E-state index is 12.8. The average Bonchev–Trinajstić information content (AvgIpc) is 2.74. The van der Waals surface area contributed by atoms with Crippen molar-refractivity contribution < 1.29 is 4.79 Å². The predicted octanol–water partition coefficient (Wildman–Crippen LogP) is 3.45. The van der Waals surface area contributed by atoms with Crippen molar-refractivity contribution in [3.05, 3.63) is 53.5 Å². The molecule has 5 heteroatoms. The predicted molar refractivity (Wildman–Crippen MR) is 107 cm³/mol. The number of carbonyl (C=O) groups excluding carboxylic acids is 1. The highest BCUT2D eigenvalue weighted by molar-refractivity contribution is 5.79. The molecule has 1 atom stereocenters.